The van der Waals surface area contributed by atoms with Gasteiger partial charge in [-0.25, -0.2) is 9.18 Å². The Bertz CT molecular complexity index is 468. The third-order valence-corrected chi connectivity index (χ3v) is 2.46. The molecule has 1 unspecified atom stereocenters. The Kier molecular flexibility index (Phi) is 4.91. The number of carbonyl (C=O) groups is 2. The van der Waals surface area contributed by atoms with E-state index >= 15 is 0 Å². The SMILES string of the molecule is CC(NC(=O)NCc1ccc(Cl)c(F)c1)C(=O)O. The smallest absolute Gasteiger partial charge is 0.325 e. The summed E-state index contributed by atoms with van der Waals surface area (Å²) in [4.78, 5) is 21.8. The topological polar surface area (TPSA) is 78.4 Å². The first-order valence-corrected chi connectivity index (χ1v) is 5.49. The minimum Gasteiger partial charge on any atom is -0.480 e. The van der Waals surface area contributed by atoms with Crippen LogP contribution in [0.25, 0.3) is 0 Å². The largest absolute Gasteiger partial charge is 0.480 e. The van der Waals surface area contributed by atoms with E-state index in [0.29, 0.717) is 5.56 Å². The second kappa shape index (κ2) is 6.20. The lowest BCUT2D eigenvalue weighted by atomic mass is 10.2. The van der Waals surface area contributed by atoms with Gasteiger partial charge in [0, 0.05) is 6.54 Å². The number of hydrogen-bond donors (Lipinski definition) is 3. The van der Waals surface area contributed by atoms with E-state index in [0.717, 1.165) is 0 Å². The van der Waals surface area contributed by atoms with Gasteiger partial charge in [-0.3, -0.25) is 4.79 Å². The number of aliphatic carboxylic acids is 1. The van der Waals surface area contributed by atoms with E-state index in [2.05, 4.69) is 10.6 Å². The first kappa shape index (κ1) is 14.2. The molecule has 5 nitrogen and oxygen atoms in total. The second-order valence-corrected chi connectivity index (χ2v) is 4.04. The molecule has 0 bridgehead atoms. The molecule has 7 heteroatoms. The van der Waals surface area contributed by atoms with Crippen molar-refractivity contribution in [3.63, 3.8) is 0 Å². The minimum atomic E-state index is -1.14. The summed E-state index contributed by atoms with van der Waals surface area (Å²) in [5, 5.41) is 13.2. The summed E-state index contributed by atoms with van der Waals surface area (Å²) in [6.45, 7) is 1.41. The number of carboxylic acid groups (broad SMARTS) is 1. The van der Waals surface area contributed by atoms with Crippen molar-refractivity contribution in [2.24, 2.45) is 0 Å². The number of benzene rings is 1. The highest BCUT2D eigenvalue weighted by atomic mass is 35.5. The molecule has 0 aliphatic heterocycles. The molecule has 0 heterocycles. The molecule has 0 aliphatic rings. The quantitative estimate of drug-likeness (QED) is 0.783. The lowest BCUT2D eigenvalue weighted by Gasteiger charge is -2.10. The van der Waals surface area contributed by atoms with E-state index in [-0.39, 0.29) is 11.6 Å². The zero-order chi connectivity index (χ0) is 13.7. The summed E-state index contributed by atoms with van der Waals surface area (Å²) >= 11 is 5.51. The van der Waals surface area contributed by atoms with Crippen LogP contribution in [0.5, 0.6) is 0 Å². The fourth-order valence-electron chi connectivity index (χ4n) is 1.14. The normalized spacial score (nSPS) is 11.7. The average molecular weight is 275 g/mol. The van der Waals surface area contributed by atoms with Gasteiger partial charge in [-0.1, -0.05) is 17.7 Å². The summed E-state index contributed by atoms with van der Waals surface area (Å²) in [6, 6.07) is 2.51. The van der Waals surface area contributed by atoms with E-state index in [1.807, 2.05) is 0 Å². The van der Waals surface area contributed by atoms with Crippen molar-refractivity contribution in [1.82, 2.24) is 10.6 Å². The van der Waals surface area contributed by atoms with Gasteiger partial charge in [0.05, 0.1) is 5.02 Å². The zero-order valence-corrected chi connectivity index (χ0v) is 10.3. The van der Waals surface area contributed by atoms with Crippen molar-refractivity contribution in [2.45, 2.75) is 19.5 Å². The summed E-state index contributed by atoms with van der Waals surface area (Å²) in [5.74, 6) is -1.71. The molecule has 0 aliphatic carbocycles. The summed E-state index contributed by atoms with van der Waals surface area (Å²) in [5.41, 5.74) is 0.523. The number of carbonyl (C=O) groups excluding carboxylic acids is 1. The number of amides is 2. The number of rotatable bonds is 4. The Hall–Kier alpha value is -1.82. The predicted molar refractivity (Wildman–Crippen MR) is 63.9 cm³/mol. The van der Waals surface area contributed by atoms with Gasteiger partial charge in [-0.2, -0.15) is 0 Å². The van der Waals surface area contributed by atoms with Crippen molar-refractivity contribution in [3.8, 4) is 0 Å². The Morgan fingerprint density at radius 1 is 1.50 bits per heavy atom. The molecule has 3 N–H and O–H groups in total. The van der Waals surface area contributed by atoms with E-state index in [4.69, 9.17) is 16.7 Å². The minimum absolute atomic E-state index is 0.00250. The van der Waals surface area contributed by atoms with Crippen molar-refractivity contribution < 1.29 is 19.1 Å². The fourth-order valence-corrected chi connectivity index (χ4v) is 1.26. The van der Waals surface area contributed by atoms with Gasteiger partial charge in [0.2, 0.25) is 0 Å². The molecule has 0 spiro atoms. The maximum atomic E-state index is 13.1. The molecule has 1 aromatic rings. The molecule has 1 atom stereocenters. The van der Waals surface area contributed by atoms with Crippen LogP contribution >= 0.6 is 11.6 Å². The molecular weight excluding hydrogens is 263 g/mol. The molecule has 2 amide bonds. The summed E-state index contributed by atoms with van der Waals surface area (Å²) in [7, 11) is 0. The van der Waals surface area contributed by atoms with E-state index < -0.39 is 23.9 Å². The van der Waals surface area contributed by atoms with Crippen LogP contribution in [0.2, 0.25) is 5.02 Å². The molecule has 1 aromatic carbocycles. The van der Waals surface area contributed by atoms with Gasteiger partial charge < -0.3 is 15.7 Å². The van der Waals surface area contributed by atoms with Crippen LogP contribution in [0.15, 0.2) is 18.2 Å². The first-order valence-electron chi connectivity index (χ1n) is 5.11. The second-order valence-electron chi connectivity index (χ2n) is 3.64. The fraction of sp³-hybridized carbons (Fsp3) is 0.273. The maximum absolute atomic E-state index is 13.1. The van der Waals surface area contributed by atoms with Crippen LogP contribution in [0.3, 0.4) is 0 Å². The van der Waals surface area contributed by atoms with Crippen molar-refractivity contribution >= 4 is 23.6 Å². The monoisotopic (exact) mass is 274 g/mol. The van der Waals surface area contributed by atoms with E-state index in [1.165, 1.54) is 19.1 Å². The zero-order valence-electron chi connectivity index (χ0n) is 9.54. The molecule has 0 aromatic heterocycles. The maximum Gasteiger partial charge on any atom is 0.325 e. The molecular formula is C11H12ClFN2O3. The molecule has 18 heavy (non-hydrogen) atoms. The van der Waals surface area contributed by atoms with Gasteiger partial charge in [-0.05, 0) is 24.6 Å². The van der Waals surface area contributed by atoms with Crippen molar-refractivity contribution in [2.75, 3.05) is 0 Å². The molecule has 98 valence electrons. The van der Waals surface area contributed by atoms with Crippen LogP contribution in [0, 0.1) is 5.82 Å². The van der Waals surface area contributed by atoms with Gasteiger partial charge >= 0.3 is 12.0 Å². The van der Waals surface area contributed by atoms with Crippen molar-refractivity contribution in [3.05, 3.63) is 34.6 Å². The van der Waals surface area contributed by atoms with Gasteiger partial charge in [-0.15, -0.1) is 0 Å². The van der Waals surface area contributed by atoms with Crippen LogP contribution in [-0.4, -0.2) is 23.1 Å². The van der Waals surface area contributed by atoms with Crippen LogP contribution in [-0.2, 0) is 11.3 Å². The first-order chi connectivity index (χ1) is 8.40. The Balaban J connectivity index is 2.47. The molecule has 0 saturated heterocycles. The Labute approximate surface area is 108 Å². The highest BCUT2D eigenvalue weighted by Crippen LogP contribution is 2.15. The molecule has 0 fully saturated rings. The van der Waals surface area contributed by atoms with Gasteiger partial charge in [0.1, 0.15) is 11.9 Å². The summed E-state index contributed by atoms with van der Waals surface area (Å²) in [6.07, 6.45) is 0. The third kappa shape index (κ3) is 4.21. The molecule has 0 radical (unpaired) electrons. The van der Waals surface area contributed by atoms with Crippen LogP contribution in [0.4, 0.5) is 9.18 Å². The Morgan fingerprint density at radius 3 is 2.72 bits per heavy atom. The number of carboxylic acids is 1. The van der Waals surface area contributed by atoms with Crippen LogP contribution < -0.4 is 10.6 Å². The Morgan fingerprint density at radius 2 is 2.17 bits per heavy atom. The number of nitrogens with one attached hydrogen (secondary N) is 2. The van der Waals surface area contributed by atoms with Gasteiger partial charge in [0.25, 0.3) is 0 Å². The van der Waals surface area contributed by atoms with E-state index in [1.54, 1.807) is 6.07 Å². The number of hydrogen-bond acceptors (Lipinski definition) is 2. The molecule has 0 saturated carbocycles. The lowest BCUT2D eigenvalue weighted by molar-refractivity contribution is -0.138. The number of urea groups is 1. The van der Waals surface area contributed by atoms with Crippen molar-refractivity contribution in [1.29, 1.82) is 0 Å². The lowest BCUT2D eigenvalue weighted by Crippen LogP contribution is -2.44. The van der Waals surface area contributed by atoms with Gasteiger partial charge in [0.15, 0.2) is 0 Å². The number of halogens is 2. The average Bonchev–Trinajstić information content (AvgIpc) is 2.30. The predicted octanol–water partition coefficient (Wildman–Crippen LogP) is 1.75. The third-order valence-electron chi connectivity index (χ3n) is 2.16. The summed E-state index contributed by atoms with van der Waals surface area (Å²) < 4.78 is 13.1. The highest BCUT2D eigenvalue weighted by molar-refractivity contribution is 6.30. The van der Waals surface area contributed by atoms with Crippen LogP contribution in [0.1, 0.15) is 12.5 Å². The highest BCUT2D eigenvalue weighted by Gasteiger charge is 2.13. The standard InChI is InChI=1S/C11H12ClFN2O3/c1-6(10(16)17)15-11(18)14-5-7-2-3-8(12)9(13)4-7/h2-4,6H,5H2,1H3,(H,16,17)(H2,14,15,18). The molecule has 1 rings (SSSR count). The van der Waals surface area contributed by atoms with E-state index in [9.17, 15) is 14.0 Å².